The Hall–Kier alpha value is -0.860. The van der Waals surface area contributed by atoms with E-state index in [-0.39, 0.29) is 0 Å². The first-order valence-corrected chi connectivity index (χ1v) is 6.55. The summed E-state index contributed by atoms with van der Waals surface area (Å²) in [7, 11) is 2.04. The van der Waals surface area contributed by atoms with Gasteiger partial charge < -0.3 is 10.1 Å². The van der Waals surface area contributed by atoms with Crippen LogP contribution in [-0.2, 0) is 11.2 Å². The fourth-order valence-electron chi connectivity index (χ4n) is 2.60. The van der Waals surface area contributed by atoms with Gasteiger partial charge in [-0.3, -0.25) is 0 Å². The van der Waals surface area contributed by atoms with Gasteiger partial charge in [-0.15, -0.1) is 0 Å². The maximum atomic E-state index is 5.79. The molecule has 1 aromatic rings. The Bertz CT molecular complexity index is 369. The molecule has 0 saturated carbocycles. The molecule has 94 valence electrons. The summed E-state index contributed by atoms with van der Waals surface area (Å²) in [6, 6.07) is 7.14. The van der Waals surface area contributed by atoms with Gasteiger partial charge >= 0.3 is 0 Å². The zero-order valence-corrected chi connectivity index (χ0v) is 11.1. The van der Waals surface area contributed by atoms with E-state index in [4.69, 9.17) is 4.74 Å². The molecule has 17 heavy (non-hydrogen) atoms. The molecule has 0 bridgehead atoms. The molecule has 0 spiro atoms. The highest BCUT2D eigenvalue weighted by atomic mass is 16.5. The minimum atomic E-state index is 0.389. The molecule has 1 N–H and O–H groups in total. The normalized spacial score (nSPS) is 21.7. The van der Waals surface area contributed by atoms with E-state index in [0.29, 0.717) is 12.1 Å². The largest absolute Gasteiger partial charge is 0.377 e. The van der Waals surface area contributed by atoms with Gasteiger partial charge in [-0.25, -0.2) is 0 Å². The van der Waals surface area contributed by atoms with Gasteiger partial charge in [0, 0.05) is 12.6 Å². The van der Waals surface area contributed by atoms with Crippen molar-refractivity contribution in [1.29, 1.82) is 0 Å². The first kappa shape index (κ1) is 12.6. The average Bonchev–Trinajstić information content (AvgIpc) is 2.84. The topological polar surface area (TPSA) is 21.3 Å². The predicted octanol–water partition coefficient (Wildman–Crippen LogP) is 2.61. The number of hydrogen-bond acceptors (Lipinski definition) is 2. The molecule has 0 aliphatic carbocycles. The Labute approximate surface area is 104 Å². The van der Waals surface area contributed by atoms with Gasteiger partial charge in [-0.2, -0.15) is 0 Å². The van der Waals surface area contributed by atoms with E-state index < -0.39 is 0 Å². The monoisotopic (exact) mass is 233 g/mol. The summed E-state index contributed by atoms with van der Waals surface area (Å²) in [4.78, 5) is 0. The molecular weight excluding hydrogens is 210 g/mol. The average molecular weight is 233 g/mol. The predicted molar refractivity (Wildman–Crippen MR) is 71.4 cm³/mol. The Morgan fingerprint density at radius 3 is 2.88 bits per heavy atom. The number of benzene rings is 1. The first-order valence-electron chi connectivity index (χ1n) is 6.55. The lowest BCUT2D eigenvalue weighted by Crippen LogP contribution is -2.39. The highest BCUT2D eigenvalue weighted by Gasteiger charge is 2.25. The van der Waals surface area contributed by atoms with Crippen LogP contribution in [0.25, 0.3) is 0 Å². The van der Waals surface area contributed by atoms with Gasteiger partial charge in [0.15, 0.2) is 0 Å². The molecule has 1 aliphatic heterocycles. The smallest absolute Gasteiger partial charge is 0.0732 e. The fourth-order valence-corrected chi connectivity index (χ4v) is 2.60. The molecular formula is C15H23NO. The molecule has 0 radical (unpaired) electrons. The van der Waals surface area contributed by atoms with E-state index in [9.17, 15) is 0 Å². The summed E-state index contributed by atoms with van der Waals surface area (Å²) in [5.41, 5.74) is 4.17. The lowest BCUT2D eigenvalue weighted by molar-refractivity contribution is 0.0808. The van der Waals surface area contributed by atoms with Crippen LogP contribution in [0.3, 0.4) is 0 Å². The van der Waals surface area contributed by atoms with Crippen molar-refractivity contribution in [2.75, 3.05) is 13.7 Å². The van der Waals surface area contributed by atoms with Gasteiger partial charge in [0.05, 0.1) is 6.10 Å². The number of likely N-dealkylation sites (N-methyl/N-ethyl adjacent to an activating group) is 1. The Morgan fingerprint density at radius 2 is 2.24 bits per heavy atom. The molecule has 1 saturated heterocycles. The van der Waals surface area contributed by atoms with Crippen LogP contribution in [0.5, 0.6) is 0 Å². The van der Waals surface area contributed by atoms with E-state index in [1.54, 1.807) is 0 Å². The van der Waals surface area contributed by atoms with Gasteiger partial charge in [0.25, 0.3) is 0 Å². The lowest BCUT2D eigenvalue weighted by atomic mass is 9.95. The number of ether oxygens (including phenoxy) is 1. The molecule has 2 nitrogen and oxygen atoms in total. The van der Waals surface area contributed by atoms with Gasteiger partial charge in [-0.05, 0) is 51.3 Å². The minimum absolute atomic E-state index is 0.389. The molecule has 0 amide bonds. The van der Waals surface area contributed by atoms with Gasteiger partial charge in [0.2, 0.25) is 0 Å². The number of aryl methyl sites for hydroxylation is 2. The van der Waals surface area contributed by atoms with Crippen LogP contribution in [0.2, 0.25) is 0 Å². The molecule has 1 heterocycles. The van der Waals surface area contributed by atoms with Crippen LogP contribution in [0.4, 0.5) is 0 Å². The van der Waals surface area contributed by atoms with Crippen molar-refractivity contribution >= 4 is 0 Å². The summed E-state index contributed by atoms with van der Waals surface area (Å²) < 4.78 is 5.79. The van der Waals surface area contributed by atoms with Crippen molar-refractivity contribution in [1.82, 2.24) is 5.32 Å². The summed E-state index contributed by atoms with van der Waals surface area (Å²) in [6.07, 6.45) is 3.85. The molecule has 1 aliphatic rings. The summed E-state index contributed by atoms with van der Waals surface area (Å²) >= 11 is 0. The van der Waals surface area contributed by atoms with Crippen LogP contribution >= 0.6 is 0 Å². The standard InChI is InChI=1S/C15H23NO/c1-11-6-7-12(2)13(9-11)10-14(16-3)15-5-4-8-17-15/h6-7,9,14-16H,4-5,8,10H2,1-3H3. The van der Waals surface area contributed by atoms with E-state index in [1.165, 1.54) is 29.5 Å². The van der Waals surface area contributed by atoms with Crippen LogP contribution in [0.1, 0.15) is 29.5 Å². The third-order valence-corrected chi connectivity index (χ3v) is 3.73. The first-order chi connectivity index (χ1) is 8.20. The van der Waals surface area contributed by atoms with E-state index in [0.717, 1.165) is 13.0 Å². The number of nitrogens with one attached hydrogen (secondary N) is 1. The zero-order valence-electron chi connectivity index (χ0n) is 11.1. The van der Waals surface area contributed by atoms with Gasteiger partial charge in [-0.1, -0.05) is 23.8 Å². The molecule has 2 heteroatoms. The highest BCUT2D eigenvalue weighted by molar-refractivity contribution is 5.31. The van der Waals surface area contributed by atoms with Crippen LogP contribution in [0, 0.1) is 13.8 Å². The molecule has 2 rings (SSSR count). The minimum Gasteiger partial charge on any atom is -0.377 e. The van der Waals surface area contributed by atoms with Gasteiger partial charge in [0.1, 0.15) is 0 Å². The third kappa shape index (κ3) is 3.08. The summed E-state index contributed by atoms with van der Waals surface area (Å²) in [6.45, 7) is 5.27. The van der Waals surface area contributed by atoms with E-state index in [2.05, 4.69) is 37.4 Å². The number of rotatable bonds is 4. The van der Waals surface area contributed by atoms with E-state index >= 15 is 0 Å². The van der Waals surface area contributed by atoms with Crippen molar-refractivity contribution in [3.8, 4) is 0 Å². The SMILES string of the molecule is CNC(Cc1cc(C)ccc1C)C1CCCO1. The second-order valence-electron chi connectivity index (χ2n) is 5.08. The molecule has 2 atom stereocenters. The van der Waals surface area contributed by atoms with Crippen molar-refractivity contribution in [3.63, 3.8) is 0 Å². The van der Waals surface area contributed by atoms with Crippen molar-refractivity contribution < 1.29 is 4.74 Å². The Morgan fingerprint density at radius 1 is 1.41 bits per heavy atom. The molecule has 0 aromatic heterocycles. The summed E-state index contributed by atoms with van der Waals surface area (Å²) in [5, 5.41) is 3.41. The molecule has 2 unspecified atom stereocenters. The maximum absolute atomic E-state index is 5.79. The maximum Gasteiger partial charge on any atom is 0.0732 e. The quantitative estimate of drug-likeness (QED) is 0.863. The van der Waals surface area contributed by atoms with Crippen molar-refractivity contribution in [3.05, 3.63) is 34.9 Å². The summed E-state index contributed by atoms with van der Waals surface area (Å²) in [5.74, 6) is 0. The fraction of sp³-hybridized carbons (Fsp3) is 0.600. The molecule has 1 aromatic carbocycles. The second-order valence-corrected chi connectivity index (χ2v) is 5.08. The van der Waals surface area contributed by atoms with Crippen LogP contribution < -0.4 is 5.32 Å². The van der Waals surface area contributed by atoms with Crippen LogP contribution in [-0.4, -0.2) is 25.8 Å². The van der Waals surface area contributed by atoms with Crippen LogP contribution in [0.15, 0.2) is 18.2 Å². The molecule has 1 fully saturated rings. The lowest BCUT2D eigenvalue weighted by Gasteiger charge is -2.23. The number of hydrogen-bond donors (Lipinski definition) is 1. The van der Waals surface area contributed by atoms with Crippen molar-refractivity contribution in [2.45, 2.75) is 45.3 Å². The Kier molecular flexibility index (Phi) is 4.19. The highest BCUT2D eigenvalue weighted by Crippen LogP contribution is 2.20. The Balaban J connectivity index is 2.09. The zero-order chi connectivity index (χ0) is 12.3. The van der Waals surface area contributed by atoms with Crippen molar-refractivity contribution in [2.24, 2.45) is 0 Å². The second kappa shape index (κ2) is 5.65. The van der Waals surface area contributed by atoms with E-state index in [1.807, 2.05) is 7.05 Å². The third-order valence-electron chi connectivity index (χ3n) is 3.73.